The zero-order chi connectivity index (χ0) is 19.6. The third-order valence-corrected chi connectivity index (χ3v) is 4.72. The number of benzene rings is 1. The number of rotatable bonds is 6. The summed E-state index contributed by atoms with van der Waals surface area (Å²) < 4.78 is 5.35. The highest BCUT2D eigenvalue weighted by Gasteiger charge is 2.34. The normalized spacial score (nSPS) is 16.6. The van der Waals surface area contributed by atoms with Gasteiger partial charge < -0.3 is 19.7 Å². The summed E-state index contributed by atoms with van der Waals surface area (Å²) in [6.45, 7) is 4.52. The van der Waals surface area contributed by atoms with Crippen molar-refractivity contribution in [2.45, 2.75) is 33.4 Å². The number of carbonyl (C=O) groups excluding carboxylic acids is 2. The van der Waals surface area contributed by atoms with E-state index >= 15 is 0 Å². The van der Waals surface area contributed by atoms with Gasteiger partial charge in [-0.05, 0) is 25.5 Å². The number of hydrogen-bond acceptors (Lipinski definition) is 4. The van der Waals surface area contributed by atoms with Crippen molar-refractivity contribution in [2.24, 2.45) is 5.92 Å². The van der Waals surface area contributed by atoms with Crippen LogP contribution in [-0.4, -0.2) is 34.3 Å². The van der Waals surface area contributed by atoms with Gasteiger partial charge in [-0.15, -0.1) is 0 Å². The second kappa shape index (κ2) is 7.65. The molecule has 1 atom stereocenters. The molecule has 0 aliphatic carbocycles. The van der Waals surface area contributed by atoms with Gasteiger partial charge in [0.2, 0.25) is 11.8 Å². The third kappa shape index (κ3) is 4.36. The van der Waals surface area contributed by atoms with Gasteiger partial charge in [0.25, 0.3) is 0 Å². The van der Waals surface area contributed by atoms with Crippen LogP contribution < -0.4 is 5.32 Å². The summed E-state index contributed by atoms with van der Waals surface area (Å²) >= 11 is 0. The van der Waals surface area contributed by atoms with Crippen molar-refractivity contribution in [3.63, 3.8) is 0 Å². The van der Waals surface area contributed by atoms with E-state index in [1.165, 1.54) is 6.07 Å². The van der Waals surface area contributed by atoms with E-state index in [1.807, 2.05) is 31.2 Å². The van der Waals surface area contributed by atoms with Crippen LogP contribution in [0.5, 0.6) is 0 Å². The predicted molar refractivity (Wildman–Crippen MR) is 97.0 cm³/mol. The van der Waals surface area contributed by atoms with Crippen LogP contribution >= 0.6 is 0 Å². The van der Waals surface area contributed by atoms with Crippen molar-refractivity contribution in [1.29, 1.82) is 0 Å². The van der Waals surface area contributed by atoms with Crippen molar-refractivity contribution in [2.75, 3.05) is 6.54 Å². The Kier molecular flexibility index (Phi) is 5.30. The Balaban J connectivity index is 1.55. The molecule has 27 heavy (non-hydrogen) atoms. The number of nitrogens with one attached hydrogen (secondary N) is 1. The number of amides is 2. The monoisotopic (exact) mass is 370 g/mol. The summed E-state index contributed by atoms with van der Waals surface area (Å²) in [7, 11) is 0. The summed E-state index contributed by atoms with van der Waals surface area (Å²) in [4.78, 5) is 37.3. The fourth-order valence-corrected chi connectivity index (χ4v) is 3.18. The minimum atomic E-state index is -1.07. The molecule has 0 saturated carbocycles. The smallest absolute Gasteiger partial charge is 0.339 e. The zero-order valence-electron chi connectivity index (χ0n) is 15.3. The van der Waals surface area contributed by atoms with E-state index in [4.69, 9.17) is 9.52 Å². The molecule has 2 amide bonds. The molecule has 1 fully saturated rings. The second-order valence-corrected chi connectivity index (χ2v) is 6.87. The Hall–Kier alpha value is -3.09. The topological polar surface area (TPSA) is 99.8 Å². The number of carbonyl (C=O) groups is 3. The molecule has 2 N–H and O–H groups in total. The summed E-state index contributed by atoms with van der Waals surface area (Å²) in [5, 5.41) is 11.8. The summed E-state index contributed by atoms with van der Waals surface area (Å²) in [5.74, 6) is -1.09. The van der Waals surface area contributed by atoms with Crippen LogP contribution in [0.1, 0.15) is 39.4 Å². The lowest BCUT2D eigenvalue weighted by molar-refractivity contribution is -0.129. The first-order valence-corrected chi connectivity index (χ1v) is 8.77. The van der Waals surface area contributed by atoms with Gasteiger partial charge in [-0.3, -0.25) is 9.59 Å². The molecule has 0 radical (unpaired) electrons. The van der Waals surface area contributed by atoms with Gasteiger partial charge in [-0.2, -0.15) is 0 Å². The van der Waals surface area contributed by atoms with Gasteiger partial charge >= 0.3 is 5.97 Å². The molecule has 0 bridgehead atoms. The molecule has 1 aliphatic heterocycles. The van der Waals surface area contributed by atoms with Crippen molar-refractivity contribution >= 4 is 17.8 Å². The second-order valence-electron chi connectivity index (χ2n) is 6.87. The molecule has 1 aromatic heterocycles. The lowest BCUT2D eigenvalue weighted by Gasteiger charge is -2.16. The molecule has 7 nitrogen and oxygen atoms in total. The minimum Gasteiger partial charge on any atom is -0.478 e. The first-order chi connectivity index (χ1) is 12.8. The van der Waals surface area contributed by atoms with Crippen LogP contribution in [0, 0.1) is 19.8 Å². The Morgan fingerprint density at radius 2 is 1.96 bits per heavy atom. The summed E-state index contributed by atoms with van der Waals surface area (Å²) in [6.07, 6.45) is 0.176. The lowest BCUT2D eigenvalue weighted by atomic mass is 10.1. The molecule has 142 valence electrons. The SMILES string of the molecule is Cc1ccc(CN2CC(C(=O)NCc3cc(C(=O)O)c(C)o3)CC2=O)cc1. The highest BCUT2D eigenvalue weighted by molar-refractivity contribution is 5.90. The number of carboxylic acids is 1. The molecular formula is C20H22N2O5. The maximum atomic E-state index is 12.4. The fourth-order valence-electron chi connectivity index (χ4n) is 3.18. The van der Waals surface area contributed by atoms with Crippen LogP contribution in [-0.2, 0) is 22.7 Å². The average molecular weight is 370 g/mol. The number of hydrogen-bond donors (Lipinski definition) is 2. The quantitative estimate of drug-likeness (QED) is 0.812. The first-order valence-electron chi connectivity index (χ1n) is 8.77. The van der Waals surface area contributed by atoms with E-state index in [2.05, 4.69) is 5.32 Å². The molecular weight excluding hydrogens is 348 g/mol. The van der Waals surface area contributed by atoms with E-state index in [-0.39, 0.29) is 30.3 Å². The largest absolute Gasteiger partial charge is 0.478 e. The standard InChI is InChI=1S/C20H22N2O5/c1-12-3-5-14(6-4-12)10-22-11-15(7-18(22)23)19(24)21-9-16-8-17(20(25)26)13(2)27-16/h3-6,8,15H,7,9-11H2,1-2H3,(H,21,24)(H,25,26). The van der Waals surface area contributed by atoms with Gasteiger partial charge in [0.05, 0.1) is 12.5 Å². The highest BCUT2D eigenvalue weighted by atomic mass is 16.4. The van der Waals surface area contributed by atoms with E-state index in [0.29, 0.717) is 24.6 Å². The highest BCUT2D eigenvalue weighted by Crippen LogP contribution is 2.21. The minimum absolute atomic E-state index is 0.0438. The summed E-state index contributed by atoms with van der Waals surface area (Å²) in [5.41, 5.74) is 2.27. The number of furan rings is 1. The molecule has 1 aromatic carbocycles. The summed E-state index contributed by atoms with van der Waals surface area (Å²) in [6, 6.07) is 9.36. The molecule has 0 spiro atoms. The van der Waals surface area contributed by atoms with E-state index < -0.39 is 11.9 Å². The Bertz CT molecular complexity index is 869. The Morgan fingerprint density at radius 1 is 1.26 bits per heavy atom. The Labute approximate surface area is 157 Å². The molecule has 2 heterocycles. The molecule has 1 aliphatic rings. The molecule has 1 unspecified atom stereocenters. The fraction of sp³-hybridized carbons (Fsp3) is 0.350. The third-order valence-electron chi connectivity index (χ3n) is 4.72. The van der Waals surface area contributed by atoms with Gasteiger partial charge in [0.15, 0.2) is 0 Å². The van der Waals surface area contributed by atoms with E-state index in [9.17, 15) is 14.4 Å². The van der Waals surface area contributed by atoms with Gasteiger partial charge in [0, 0.05) is 19.5 Å². The number of aromatic carboxylic acids is 1. The van der Waals surface area contributed by atoms with Crippen LogP contribution in [0.25, 0.3) is 0 Å². The van der Waals surface area contributed by atoms with Crippen LogP contribution in [0.3, 0.4) is 0 Å². The van der Waals surface area contributed by atoms with E-state index in [1.54, 1.807) is 11.8 Å². The number of carboxylic acid groups (broad SMARTS) is 1. The Morgan fingerprint density at radius 3 is 2.59 bits per heavy atom. The number of aryl methyl sites for hydroxylation is 2. The van der Waals surface area contributed by atoms with Crippen LogP contribution in [0.4, 0.5) is 0 Å². The van der Waals surface area contributed by atoms with Gasteiger partial charge in [-0.25, -0.2) is 4.79 Å². The van der Waals surface area contributed by atoms with Crippen molar-refractivity contribution < 1.29 is 23.9 Å². The van der Waals surface area contributed by atoms with Gasteiger partial charge in [-0.1, -0.05) is 29.8 Å². The molecule has 7 heteroatoms. The van der Waals surface area contributed by atoms with Gasteiger partial charge in [0.1, 0.15) is 17.1 Å². The molecule has 3 rings (SSSR count). The predicted octanol–water partition coefficient (Wildman–Crippen LogP) is 2.26. The average Bonchev–Trinajstić information content (AvgIpc) is 3.18. The van der Waals surface area contributed by atoms with Crippen molar-refractivity contribution in [3.8, 4) is 0 Å². The maximum Gasteiger partial charge on any atom is 0.339 e. The number of nitrogens with zero attached hydrogens (tertiary/aromatic N) is 1. The van der Waals surface area contributed by atoms with Crippen LogP contribution in [0.2, 0.25) is 0 Å². The van der Waals surface area contributed by atoms with Crippen molar-refractivity contribution in [3.05, 3.63) is 58.5 Å². The zero-order valence-corrected chi connectivity index (χ0v) is 15.3. The molecule has 2 aromatic rings. The van der Waals surface area contributed by atoms with E-state index in [0.717, 1.165) is 11.1 Å². The van der Waals surface area contributed by atoms with Crippen molar-refractivity contribution in [1.82, 2.24) is 10.2 Å². The maximum absolute atomic E-state index is 12.4. The molecule has 1 saturated heterocycles. The van der Waals surface area contributed by atoms with Crippen LogP contribution in [0.15, 0.2) is 34.7 Å². The lowest BCUT2D eigenvalue weighted by Crippen LogP contribution is -2.32. The number of likely N-dealkylation sites (tertiary alicyclic amines) is 1. The first kappa shape index (κ1) is 18.7.